The molecule has 0 amide bonds. The number of furan rings is 1. The van der Waals surface area contributed by atoms with Gasteiger partial charge in [0.2, 0.25) is 0 Å². The van der Waals surface area contributed by atoms with E-state index in [9.17, 15) is 0 Å². The van der Waals surface area contributed by atoms with Gasteiger partial charge < -0.3 is 23.9 Å². The third-order valence-electron chi connectivity index (χ3n) is 5.10. The number of aliphatic imine (C=N–C) groups is 1. The van der Waals surface area contributed by atoms with Crippen molar-refractivity contribution in [1.29, 1.82) is 0 Å². The van der Waals surface area contributed by atoms with E-state index in [0.29, 0.717) is 6.54 Å². The molecule has 1 aliphatic heterocycles. The maximum Gasteiger partial charge on any atom is 0.194 e. The zero-order valence-corrected chi connectivity index (χ0v) is 17.3. The first-order valence-corrected chi connectivity index (χ1v) is 9.72. The standard InChI is InChI=1S/C19H31N7O2/c1-15-17(5-10-28-15)14-24(3)19(20-6-7-26-8-11-27-12-9-26)21-13-18-23-22-16(2)25(18)4/h5,10H,6-9,11-14H2,1-4H3,(H,20,21). The minimum atomic E-state index is 0.478. The van der Waals surface area contributed by atoms with E-state index < -0.39 is 0 Å². The maximum absolute atomic E-state index is 5.43. The van der Waals surface area contributed by atoms with Gasteiger partial charge >= 0.3 is 0 Å². The number of aryl methyl sites for hydroxylation is 2. The number of aromatic nitrogens is 3. The summed E-state index contributed by atoms with van der Waals surface area (Å²) in [6.07, 6.45) is 1.73. The summed E-state index contributed by atoms with van der Waals surface area (Å²) in [7, 11) is 4.00. The molecule has 1 saturated heterocycles. The van der Waals surface area contributed by atoms with Crippen molar-refractivity contribution < 1.29 is 9.15 Å². The minimum Gasteiger partial charge on any atom is -0.469 e. The van der Waals surface area contributed by atoms with E-state index >= 15 is 0 Å². The van der Waals surface area contributed by atoms with Crippen LogP contribution in [-0.4, -0.2) is 77.0 Å². The van der Waals surface area contributed by atoms with Crippen LogP contribution >= 0.6 is 0 Å². The van der Waals surface area contributed by atoms with Gasteiger partial charge in [0.1, 0.15) is 18.1 Å². The highest BCUT2D eigenvalue weighted by molar-refractivity contribution is 5.79. The molecule has 0 atom stereocenters. The van der Waals surface area contributed by atoms with Crippen molar-refractivity contribution in [3.05, 3.63) is 35.3 Å². The molecule has 9 heteroatoms. The molecule has 2 aromatic heterocycles. The fraction of sp³-hybridized carbons (Fsp3) is 0.632. The van der Waals surface area contributed by atoms with Crippen LogP contribution in [0.1, 0.15) is 23.0 Å². The lowest BCUT2D eigenvalue weighted by Gasteiger charge is -2.28. The van der Waals surface area contributed by atoms with E-state index in [1.165, 1.54) is 0 Å². The second-order valence-electron chi connectivity index (χ2n) is 7.10. The Morgan fingerprint density at radius 1 is 1.29 bits per heavy atom. The first kappa shape index (κ1) is 20.3. The largest absolute Gasteiger partial charge is 0.469 e. The molecule has 0 aromatic carbocycles. The summed E-state index contributed by atoms with van der Waals surface area (Å²) in [5.41, 5.74) is 1.15. The second kappa shape index (κ2) is 9.70. The van der Waals surface area contributed by atoms with Crippen LogP contribution in [0.5, 0.6) is 0 Å². The van der Waals surface area contributed by atoms with Crippen molar-refractivity contribution in [2.75, 3.05) is 46.4 Å². The van der Waals surface area contributed by atoms with Gasteiger partial charge in [0.05, 0.1) is 19.5 Å². The van der Waals surface area contributed by atoms with Gasteiger partial charge in [-0.15, -0.1) is 10.2 Å². The van der Waals surface area contributed by atoms with E-state index in [2.05, 4.69) is 25.3 Å². The monoisotopic (exact) mass is 389 g/mol. The Labute approximate surface area is 166 Å². The summed E-state index contributed by atoms with van der Waals surface area (Å²) in [6.45, 7) is 10.5. The van der Waals surface area contributed by atoms with E-state index in [1.54, 1.807) is 6.26 Å². The number of morpholine rings is 1. The average molecular weight is 390 g/mol. The molecule has 0 bridgehead atoms. The molecule has 9 nitrogen and oxygen atoms in total. The summed E-state index contributed by atoms with van der Waals surface area (Å²) in [6, 6.07) is 2.00. The first-order valence-electron chi connectivity index (χ1n) is 9.72. The van der Waals surface area contributed by atoms with E-state index in [1.807, 2.05) is 38.6 Å². The summed E-state index contributed by atoms with van der Waals surface area (Å²) < 4.78 is 12.8. The topological polar surface area (TPSA) is 84.0 Å². The lowest BCUT2D eigenvalue weighted by Crippen LogP contribution is -2.44. The predicted octanol–water partition coefficient (Wildman–Crippen LogP) is 0.935. The van der Waals surface area contributed by atoms with Crippen LogP contribution in [0.15, 0.2) is 21.7 Å². The molecule has 3 heterocycles. The molecule has 0 saturated carbocycles. The molecular weight excluding hydrogens is 358 g/mol. The van der Waals surface area contributed by atoms with Gasteiger partial charge in [-0.2, -0.15) is 0 Å². The maximum atomic E-state index is 5.43. The quantitative estimate of drug-likeness (QED) is 0.557. The number of nitrogens with zero attached hydrogens (tertiary/aromatic N) is 6. The van der Waals surface area contributed by atoms with Crippen LogP contribution in [0.4, 0.5) is 0 Å². The van der Waals surface area contributed by atoms with Crippen LogP contribution in [0.3, 0.4) is 0 Å². The summed E-state index contributed by atoms with van der Waals surface area (Å²) in [4.78, 5) is 9.31. The number of nitrogens with one attached hydrogen (secondary N) is 1. The van der Waals surface area contributed by atoms with Gasteiger partial charge in [0.25, 0.3) is 0 Å². The van der Waals surface area contributed by atoms with Crippen LogP contribution in [0.2, 0.25) is 0 Å². The Hall–Kier alpha value is -2.39. The summed E-state index contributed by atoms with van der Waals surface area (Å²) in [5, 5.41) is 11.8. The fourth-order valence-corrected chi connectivity index (χ4v) is 3.10. The Bertz CT molecular complexity index is 777. The van der Waals surface area contributed by atoms with Crippen molar-refractivity contribution in [3.8, 4) is 0 Å². The molecule has 0 spiro atoms. The molecule has 1 fully saturated rings. The van der Waals surface area contributed by atoms with Crippen LogP contribution in [0, 0.1) is 13.8 Å². The van der Waals surface area contributed by atoms with E-state index in [4.69, 9.17) is 14.1 Å². The lowest BCUT2D eigenvalue weighted by atomic mass is 10.2. The highest BCUT2D eigenvalue weighted by Crippen LogP contribution is 2.11. The van der Waals surface area contributed by atoms with Gasteiger partial charge in [-0.25, -0.2) is 4.99 Å². The van der Waals surface area contributed by atoms with Gasteiger partial charge in [0.15, 0.2) is 11.8 Å². The SMILES string of the molecule is Cc1occc1CN(C)C(=NCc1nnc(C)n1C)NCCN1CCOCC1. The second-order valence-corrected chi connectivity index (χ2v) is 7.10. The molecule has 0 aliphatic carbocycles. The molecule has 2 aromatic rings. The molecule has 154 valence electrons. The Morgan fingerprint density at radius 2 is 2.07 bits per heavy atom. The third-order valence-corrected chi connectivity index (χ3v) is 5.10. The molecule has 3 rings (SSSR count). The van der Waals surface area contributed by atoms with Crippen molar-refractivity contribution in [2.24, 2.45) is 12.0 Å². The van der Waals surface area contributed by atoms with Gasteiger partial charge in [-0.3, -0.25) is 4.90 Å². The van der Waals surface area contributed by atoms with E-state index in [-0.39, 0.29) is 0 Å². The summed E-state index contributed by atoms with van der Waals surface area (Å²) >= 11 is 0. The number of hydrogen-bond donors (Lipinski definition) is 1. The highest BCUT2D eigenvalue weighted by Gasteiger charge is 2.13. The normalized spacial score (nSPS) is 15.8. The molecule has 0 radical (unpaired) electrons. The van der Waals surface area contributed by atoms with Crippen LogP contribution in [0.25, 0.3) is 0 Å². The zero-order chi connectivity index (χ0) is 19.9. The lowest BCUT2D eigenvalue weighted by molar-refractivity contribution is 0.0388. The Balaban J connectivity index is 1.64. The molecule has 1 aliphatic rings. The fourth-order valence-electron chi connectivity index (χ4n) is 3.10. The Kier molecular flexibility index (Phi) is 7.05. The minimum absolute atomic E-state index is 0.478. The number of guanidine groups is 1. The first-order chi connectivity index (χ1) is 13.5. The van der Waals surface area contributed by atoms with Gasteiger partial charge in [-0.1, -0.05) is 0 Å². The van der Waals surface area contributed by atoms with Crippen molar-refractivity contribution in [1.82, 2.24) is 29.9 Å². The molecule has 28 heavy (non-hydrogen) atoms. The number of rotatable bonds is 7. The van der Waals surface area contributed by atoms with Crippen molar-refractivity contribution in [2.45, 2.75) is 26.9 Å². The molecule has 1 N–H and O–H groups in total. The number of ether oxygens (including phenoxy) is 1. The average Bonchev–Trinajstić information content (AvgIpc) is 3.24. The zero-order valence-electron chi connectivity index (χ0n) is 17.3. The van der Waals surface area contributed by atoms with Crippen molar-refractivity contribution in [3.63, 3.8) is 0 Å². The third kappa shape index (κ3) is 5.32. The smallest absolute Gasteiger partial charge is 0.194 e. The van der Waals surface area contributed by atoms with Crippen LogP contribution in [-0.2, 0) is 24.9 Å². The predicted molar refractivity (Wildman–Crippen MR) is 107 cm³/mol. The number of hydrogen-bond acceptors (Lipinski definition) is 6. The molecule has 0 unspecified atom stereocenters. The van der Waals surface area contributed by atoms with E-state index in [0.717, 1.165) is 74.9 Å². The summed E-state index contributed by atoms with van der Waals surface area (Å²) in [5.74, 6) is 3.50. The van der Waals surface area contributed by atoms with Crippen LogP contribution < -0.4 is 5.32 Å². The highest BCUT2D eigenvalue weighted by atomic mass is 16.5. The van der Waals surface area contributed by atoms with Gasteiger partial charge in [-0.05, 0) is 19.9 Å². The van der Waals surface area contributed by atoms with Gasteiger partial charge in [0, 0.05) is 52.4 Å². The van der Waals surface area contributed by atoms with Crippen molar-refractivity contribution >= 4 is 5.96 Å². The molecular formula is C19H31N7O2. The Morgan fingerprint density at radius 3 is 2.71 bits per heavy atom.